The molecule has 0 aliphatic heterocycles. The van der Waals surface area contributed by atoms with Gasteiger partial charge in [-0.15, -0.1) is 5.10 Å². The van der Waals surface area contributed by atoms with Crippen molar-refractivity contribution in [1.29, 1.82) is 0 Å². The second kappa shape index (κ2) is 7.71. The summed E-state index contributed by atoms with van der Waals surface area (Å²) in [5, 5.41) is 12.3. The van der Waals surface area contributed by atoms with Crippen molar-refractivity contribution in [2.45, 2.75) is 44.9 Å². The molecular formula is C12H24N4S. The Labute approximate surface area is 109 Å². The molecule has 0 radical (unpaired) electrons. The molecule has 1 aromatic rings. The Morgan fingerprint density at radius 1 is 1.47 bits per heavy atom. The Hall–Kier alpha value is -0.550. The van der Waals surface area contributed by atoms with Crippen molar-refractivity contribution in [3.63, 3.8) is 0 Å². The van der Waals surface area contributed by atoms with Gasteiger partial charge in [0.2, 0.25) is 0 Å². The van der Waals surface area contributed by atoms with Gasteiger partial charge >= 0.3 is 0 Å². The van der Waals surface area contributed by atoms with E-state index in [1.165, 1.54) is 12.1 Å². The summed E-state index contributed by atoms with van der Waals surface area (Å²) in [6.07, 6.45) is 4.23. The highest BCUT2D eigenvalue weighted by Crippen LogP contribution is 2.21. The molecule has 1 heterocycles. The number of hydrogen-bond donors (Lipinski definition) is 1. The zero-order valence-electron chi connectivity index (χ0n) is 11.3. The zero-order chi connectivity index (χ0) is 12.7. The molecule has 0 aliphatic rings. The van der Waals surface area contributed by atoms with Crippen LogP contribution in [0, 0.1) is 0 Å². The van der Waals surface area contributed by atoms with E-state index in [2.05, 4.69) is 36.4 Å². The molecule has 1 aromatic heterocycles. The van der Waals surface area contributed by atoms with Gasteiger partial charge in [0.05, 0.1) is 17.9 Å². The van der Waals surface area contributed by atoms with Crippen LogP contribution in [0.2, 0.25) is 0 Å². The van der Waals surface area contributed by atoms with Crippen LogP contribution in [0.25, 0.3) is 0 Å². The van der Waals surface area contributed by atoms with Gasteiger partial charge < -0.3 is 5.32 Å². The van der Waals surface area contributed by atoms with Gasteiger partial charge in [-0.3, -0.25) is 4.68 Å². The van der Waals surface area contributed by atoms with Gasteiger partial charge in [0, 0.05) is 18.1 Å². The smallest absolute Gasteiger partial charge is 0.0761 e. The summed E-state index contributed by atoms with van der Waals surface area (Å²) >= 11 is 2.01. The molecule has 17 heavy (non-hydrogen) atoms. The van der Waals surface area contributed by atoms with Crippen LogP contribution in [0.1, 0.15) is 45.3 Å². The molecule has 0 aliphatic carbocycles. The molecule has 2 atom stereocenters. The van der Waals surface area contributed by atoms with Gasteiger partial charge in [0.15, 0.2) is 0 Å². The normalized spacial score (nSPS) is 14.8. The summed E-state index contributed by atoms with van der Waals surface area (Å²) in [4.78, 5) is 0. The first-order valence-corrected chi connectivity index (χ1v) is 7.43. The number of hydrogen-bond acceptors (Lipinski definition) is 4. The fraction of sp³-hybridized carbons (Fsp3) is 0.833. The van der Waals surface area contributed by atoms with Crippen LogP contribution in [-0.2, 0) is 7.05 Å². The van der Waals surface area contributed by atoms with Crippen LogP contribution in [0.3, 0.4) is 0 Å². The zero-order valence-corrected chi connectivity index (χ0v) is 12.1. The van der Waals surface area contributed by atoms with E-state index >= 15 is 0 Å². The highest BCUT2D eigenvalue weighted by Gasteiger charge is 2.16. The molecule has 2 unspecified atom stereocenters. The summed E-state index contributed by atoms with van der Waals surface area (Å²) in [6, 6.07) is 0.356. The maximum atomic E-state index is 4.01. The summed E-state index contributed by atoms with van der Waals surface area (Å²) in [5.74, 6) is 1.08. The summed E-state index contributed by atoms with van der Waals surface area (Å²) < 4.78 is 1.87. The van der Waals surface area contributed by atoms with Crippen molar-refractivity contribution in [1.82, 2.24) is 20.3 Å². The van der Waals surface area contributed by atoms with Gasteiger partial charge in [-0.25, -0.2) is 0 Å². The first-order chi connectivity index (χ1) is 8.19. The van der Waals surface area contributed by atoms with E-state index in [4.69, 9.17) is 0 Å². The number of nitrogens with one attached hydrogen (secondary N) is 1. The molecule has 4 nitrogen and oxygen atoms in total. The number of thioether (sulfide) groups is 1. The van der Waals surface area contributed by atoms with E-state index in [9.17, 15) is 0 Å². The molecule has 0 bridgehead atoms. The Bertz CT molecular complexity index is 313. The third kappa shape index (κ3) is 4.68. The summed E-state index contributed by atoms with van der Waals surface area (Å²) in [7, 11) is 1.96. The van der Waals surface area contributed by atoms with Gasteiger partial charge in [0.25, 0.3) is 0 Å². The van der Waals surface area contributed by atoms with Gasteiger partial charge in [0.1, 0.15) is 0 Å². The first-order valence-electron chi connectivity index (χ1n) is 6.38. The van der Waals surface area contributed by atoms with Crippen molar-refractivity contribution in [2.75, 3.05) is 12.3 Å². The Morgan fingerprint density at radius 3 is 2.76 bits per heavy atom. The SMILES string of the molecule is CCCNC(CSC(C)CC)c1cnnn1C. The maximum Gasteiger partial charge on any atom is 0.0761 e. The summed E-state index contributed by atoms with van der Waals surface area (Å²) in [5.41, 5.74) is 1.18. The van der Waals surface area contributed by atoms with Gasteiger partial charge in [-0.2, -0.15) is 11.8 Å². The number of rotatable bonds is 8. The van der Waals surface area contributed by atoms with Crippen LogP contribution in [0.15, 0.2) is 6.20 Å². The minimum absolute atomic E-state index is 0.356. The molecular weight excluding hydrogens is 232 g/mol. The largest absolute Gasteiger partial charge is 0.308 e. The van der Waals surface area contributed by atoms with Crippen LogP contribution in [0.4, 0.5) is 0 Å². The molecule has 0 aromatic carbocycles. The van der Waals surface area contributed by atoms with E-state index in [1.54, 1.807) is 0 Å². The van der Waals surface area contributed by atoms with E-state index in [-0.39, 0.29) is 0 Å². The van der Waals surface area contributed by atoms with Crippen LogP contribution in [-0.4, -0.2) is 32.5 Å². The van der Waals surface area contributed by atoms with Crippen molar-refractivity contribution < 1.29 is 0 Å². The molecule has 0 fully saturated rings. The molecule has 1 rings (SSSR count). The fourth-order valence-corrected chi connectivity index (χ4v) is 2.60. The predicted octanol–water partition coefficient (Wildman–Crippen LogP) is 2.39. The monoisotopic (exact) mass is 256 g/mol. The third-order valence-corrected chi connectivity index (χ3v) is 4.30. The highest BCUT2D eigenvalue weighted by molar-refractivity contribution is 7.99. The van der Waals surface area contributed by atoms with E-state index in [0.29, 0.717) is 11.3 Å². The Kier molecular flexibility index (Phi) is 6.58. The summed E-state index contributed by atoms with van der Waals surface area (Å²) in [6.45, 7) is 7.74. The molecule has 1 N–H and O–H groups in total. The van der Waals surface area contributed by atoms with E-state index in [1.807, 2.05) is 29.7 Å². The van der Waals surface area contributed by atoms with E-state index < -0.39 is 0 Å². The number of aromatic nitrogens is 3. The lowest BCUT2D eigenvalue weighted by atomic mass is 10.2. The van der Waals surface area contributed by atoms with Crippen molar-refractivity contribution in [2.24, 2.45) is 7.05 Å². The minimum atomic E-state index is 0.356. The maximum absolute atomic E-state index is 4.01. The topological polar surface area (TPSA) is 42.7 Å². The fourth-order valence-electron chi connectivity index (χ4n) is 1.56. The van der Waals surface area contributed by atoms with Gasteiger partial charge in [-0.05, 0) is 19.4 Å². The molecule has 0 saturated carbocycles. The van der Waals surface area contributed by atoms with Gasteiger partial charge in [-0.1, -0.05) is 26.0 Å². The lowest BCUT2D eigenvalue weighted by Gasteiger charge is -2.19. The highest BCUT2D eigenvalue weighted by atomic mass is 32.2. The van der Waals surface area contributed by atoms with Crippen molar-refractivity contribution in [3.8, 4) is 0 Å². The second-order valence-corrected chi connectivity index (χ2v) is 5.81. The molecule has 5 heteroatoms. The van der Waals surface area contributed by atoms with Crippen molar-refractivity contribution in [3.05, 3.63) is 11.9 Å². The Balaban J connectivity index is 2.57. The second-order valence-electron chi connectivity index (χ2n) is 4.34. The molecule has 0 spiro atoms. The van der Waals surface area contributed by atoms with Crippen LogP contribution < -0.4 is 5.32 Å². The number of aryl methyl sites for hydroxylation is 1. The Morgan fingerprint density at radius 2 is 2.24 bits per heavy atom. The quantitative estimate of drug-likeness (QED) is 0.775. The predicted molar refractivity (Wildman–Crippen MR) is 74.2 cm³/mol. The molecule has 0 amide bonds. The van der Waals surface area contributed by atoms with Crippen LogP contribution in [0.5, 0.6) is 0 Å². The lowest BCUT2D eigenvalue weighted by Crippen LogP contribution is -2.26. The first kappa shape index (κ1) is 14.5. The van der Waals surface area contributed by atoms with Crippen molar-refractivity contribution >= 4 is 11.8 Å². The van der Waals surface area contributed by atoms with E-state index in [0.717, 1.165) is 18.7 Å². The third-order valence-electron chi connectivity index (χ3n) is 2.87. The lowest BCUT2D eigenvalue weighted by molar-refractivity contribution is 0.532. The minimum Gasteiger partial charge on any atom is -0.308 e. The van der Waals surface area contributed by atoms with Crippen LogP contribution >= 0.6 is 11.8 Å². The average Bonchev–Trinajstić information content (AvgIpc) is 2.75. The molecule has 98 valence electrons. The number of nitrogens with zero attached hydrogens (tertiary/aromatic N) is 3. The standard InChI is InChI=1S/C12H24N4S/c1-5-7-13-11(9-17-10(3)6-2)12-8-14-15-16(12)4/h8,10-11,13H,5-7,9H2,1-4H3. The average molecular weight is 256 g/mol. The molecule has 0 saturated heterocycles.